The van der Waals surface area contributed by atoms with Crippen LogP contribution in [0.4, 0.5) is 0 Å². The summed E-state index contributed by atoms with van der Waals surface area (Å²) >= 11 is 11.9. The third kappa shape index (κ3) is 3.56. The maximum Gasteiger partial charge on any atom is 0.290 e. The molecule has 0 amide bonds. The van der Waals surface area contributed by atoms with Crippen LogP contribution in [0.5, 0.6) is 5.88 Å². The van der Waals surface area contributed by atoms with E-state index in [1.165, 1.54) is 4.68 Å². The van der Waals surface area contributed by atoms with Crippen molar-refractivity contribution in [3.8, 4) is 17.3 Å². The van der Waals surface area contributed by atoms with Crippen LogP contribution >= 0.6 is 23.2 Å². The van der Waals surface area contributed by atoms with Crippen LogP contribution in [-0.2, 0) is 13.7 Å². The van der Waals surface area contributed by atoms with Crippen LogP contribution in [0, 0.1) is 0 Å². The summed E-state index contributed by atoms with van der Waals surface area (Å²) in [4.78, 5) is 12.3. The molecule has 0 saturated carbocycles. The molecule has 4 aromatic rings. The summed E-state index contributed by atoms with van der Waals surface area (Å²) in [6.45, 7) is 0.253. The average Bonchev–Trinajstić information content (AvgIpc) is 3.26. The zero-order valence-corrected chi connectivity index (χ0v) is 16.4. The predicted octanol–water partition coefficient (Wildman–Crippen LogP) is 4.25. The molecule has 0 saturated heterocycles. The van der Waals surface area contributed by atoms with Crippen molar-refractivity contribution in [2.45, 2.75) is 6.61 Å². The Balaban J connectivity index is 1.57. The molecule has 0 aliphatic heterocycles. The van der Waals surface area contributed by atoms with Gasteiger partial charge in [-0.15, -0.1) is 5.10 Å². The second kappa shape index (κ2) is 7.58. The molecule has 4 rings (SSSR count). The summed E-state index contributed by atoms with van der Waals surface area (Å²) < 4.78 is 10.7. The van der Waals surface area contributed by atoms with Crippen molar-refractivity contribution in [3.05, 3.63) is 93.0 Å². The van der Waals surface area contributed by atoms with E-state index in [4.69, 9.17) is 27.9 Å². The minimum atomic E-state index is -0.274. The Kier molecular flexibility index (Phi) is 4.98. The quantitative estimate of drug-likeness (QED) is 0.490. The van der Waals surface area contributed by atoms with Gasteiger partial charge in [0, 0.05) is 36.1 Å². The van der Waals surface area contributed by atoms with Crippen LogP contribution in [0.1, 0.15) is 5.56 Å². The van der Waals surface area contributed by atoms with Crippen LogP contribution < -0.4 is 10.3 Å². The maximum absolute atomic E-state index is 12.3. The molecule has 28 heavy (non-hydrogen) atoms. The fourth-order valence-electron chi connectivity index (χ4n) is 2.91. The van der Waals surface area contributed by atoms with Crippen molar-refractivity contribution in [1.29, 1.82) is 0 Å². The largest absolute Gasteiger partial charge is 0.472 e. The third-order valence-corrected chi connectivity index (χ3v) is 4.77. The molecule has 142 valence electrons. The van der Waals surface area contributed by atoms with Gasteiger partial charge in [0.05, 0.1) is 11.4 Å². The first-order valence-electron chi connectivity index (χ1n) is 8.50. The Morgan fingerprint density at radius 1 is 1.04 bits per heavy atom. The van der Waals surface area contributed by atoms with Crippen molar-refractivity contribution < 1.29 is 4.74 Å². The summed E-state index contributed by atoms with van der Waals surface area (Å²) in [5, 5.41) is 5.26. The Hall–Kier alpha value is -2.96. The first-order valence-corrected chi connectivity index (χ1v) is 9.25. The van der Waals surface area contributed by atoms with Gasteiger partial charge >= 0.3 is 0 Å². The lowest BCUT2D eigenvalue weighted by atomic mass is 10.2. The zero-order valence-electron chi connectivity index (χ0n) is 14.9. The third-order valence-electron chi connectivity index (χ3n) is 4.26. The molecule has 0 spiro atoms. The number of benzene rings is 2. The van der Waals surface area contributed by atoms with Gasteiger partial charge in [0.15, 0.2) is 0 Å². The highest BCUT2D eigenvalue weighted by molar-refractivity contribution is 6.30. The molecule has 0 fully saturated rings. The molecule has 0 atom stereocenters. The second-order valence-electron chi connectivity index (χ2n) is 6.16. The normalized spacial score (nSPS) is 11.0. The van der Waals surface area contributed by atoms with E-state index in [9.17, 15) is 4.79 Å². The smallest absolute Gasteiger partial charge is 0.290 e. The fraction of sp³-hybridized carbons (Fsp3) is 0.100. The molecule has 6 nitrogen and oxygen atoms in total. The molecule has 0 aliphatic carbocycles. The first kappa shape index (κ1) is 18.4. The lowest BCUT2D eigenvalue weighted by molar-refractivity contribution is 0.291. The van der Waals surface area contributed by atoms with Gasteiger partial charge in [-0.25, -0.2) is 9.36 Å². The number of halogens is 2. The van der Waals surface area contributed by atoms with Gasteiger partial charge in [0.25, 0.3) is 5.56 Å². The molecule has 0 aliphatic rings. The number of aromatic nitrogens is 4. The standard InChI is InChI=1S/C20H16Cl2N4O2/c1-24-12-17(22)20(27)26(24)18-5-3-2-4-14(18)13-28-19-10-11-25(23-19)16-8-6-15(21)7-9-16/h2-12H,13H2,1H3. The lowest BCUT2D eigenvalue weighted by Crippen LogP contribution is -2.21. The molecular formula is C20H16Cl2N4O2. The number of nitrogens with zero attached hydrogens (tertiary/aromatic N) is 4. The van der Waals surface area contributed by atoms with E-state index in [-0.39, 0.29) is 17.2 Å². The van der Waals surface area contributed by atoms with Crippen molar-refractivity contribution in [2.24, 2.45) is 7.05 Å². The van der Waals surface area contributed by atoms with Crippen molar-refractivity contribution in [1.82, 2.24) is 19.1 Å². The number of ether oxygens (including phenoxy) is 1. The number of hydrogen-bond donors (Lipinski definition) is 0. The van der Waals surface area contributed by atoms with E-state index >= 15 is 0 Å². The molecule has 2 aromatic heterocycles. The predicted molar refractivity (Wildman–Crippen MR) is 109 cm³/mol. The highest BCUT2D eigenvalue weighted by atomic mass is 35.5. The van der Waals surface area contributed by atoms with E-state index < -0.39 is 0 Å². The molecule has 8 heteroatoms. The number of rotatable bonds is 5. The minimum Gasteiger partial charge on any atom is -0.472 e. The van der Waals surface area contributed by atoms with Gasteiger partial charge in [-0.3, -0.25) is 9.48 Å². The lowest BCUT2D eigenvalue weighted by Gasteiger charge is -2.12. The van der Waals surface area contributed by atoms with Crippen molar-refractivity contribution >= 4 is 23.2 Å². The molecular weight excluding hydrogens is 399 g/mol. The molecule has 2 heterocycles. The molecule has 0 unspecified atom stereocenters. The summed E-state index contributed by atoms with van der Waals surface area (Å²) in [5.74, 6) is 0.474. The van der Waals surface area contributed by atoms with E-state index in [0.717, 1.165) is 11.3 Å². The highest BCUT2D eigenvalue weighted by Gasteiger charge is 2.13. The number of hydrogen-bond acceptors (Lipinski definition) is 3. The Labute approximate surface area is 171 Å². The monoisotopic (exact) mass is 414 g/mol. The zero-order chi connectivity index (χ0) is 19.7. The Morgan fingerprint density at radius 3 is 2.50 bits per heavy atom. The van der Waals surface area contributed by atoms with Crippen LogP contribution in [0.3, 0.4) is 0 Å². The van der Waals surface area contributed by atoms with Crippen molar-refractivity contribution in [2.75, 3.05) is 0 Å². The Morgan fingerprint density at radius 2 is 1.79 bits per heavy atom. The summed E-state index contributed by atoms with van der Waals surface area (Å²) in [6, 6.07) is 16.6. The van der Waals surface area contributed by atoms with Gasteiger partial charge in [0.1, 0.15) is 11.6 Å². The van der Waals surface area contributed by atoms with E-state index in [2.05, 4.69) is 5.10 Å². The second-order valence-corrected chi connectivity index (χ2v) is 7.00. The van der Waals surface area contributed by atoms with Gasteiger partial charge < -0.3 is 4.74 Å². The molecule has 2 aromatic carbocycles. The van der Waals surface area contributed by atoms with Gasteiger partial charge in [-0.2, -0.15) is 0 Å². The first-order chi connectivity index (χ1) is 13.5. The Bertz CT molecular complexity index is 1180. The SMILES string of the molecule is Cn1cc(Cl)c(=O)n1-c1ccccc1COc1ccn(-c2ccc(Cl)cc2)n1. The molecule has 0 N–H and O–H groups in total. The van der Waals surface area contributed by atoms with Crippen LogP contribution in [-0.4, -0.2) is 19.1 Å². The fourth-order valence-corrected chi connectivity index (χ4v) is 3.26. The van der Waals surface area contributed by atoms with Gasteiger partial charge in [-0.05, 0) is 30.3 Å². The van der Waals surface area contributed by atoms with Gasteiger partial charge in [0.2, 0.25) is 5.88 Å². The van der Waals surface area contributed by atoms with Gasteiger partial charge in [-0.1, -0.05) is 41.4 Å². The average molecular weight is 415 g/mol. The van der Waals surface area contributed by atoms with Crippen LogP contribution in [0.15, 0.2) is 71.8 Å². The van der Waals surface area contributed by atoms with E-state index in [1.807, 2.05) is 42.6 Å². The number of aryl methyl sites for hydroxylation is 1. The van der Waals surface area contributed by atoms with E-state index in [1.54, 1.807) is 40.8 Å². The maximum atomic E-state index is 12.3. The minimum absolute atomic E-state index is 0.167. The van der Waals surface area contributed by atoms with E-state index in [0.29, 0.717) is 16.6 Å². The summed E-state index contributed by atoms with van der Waals surface area (Å²) in [6.07, 6.45) is 3.39. The van der Waals surface area contributed by atoms with Crippen molar-refractivity contribution in [3.63, 3.8) is 0 Å². The highest BCUT2D eigenvalue weighted by Crippen LogP contribution is 2.19. The topological polar surface area (TPSA) is 54.0 Å². The number of para-hydroxylation sites is 1. The molecule has 0 radical (unpaired) electrons. The molecule has 0 bridgehead atoms. The summed E-state index contributed by atoms with van der Waals surface area (Å²) in [5.41, 5.74) is 2.15. The van der Waals surface area contributed by atoms with Crippen LogP contribution in [0.25, 0.3) is 11.4 Å². The van der Waals surface area contributed by atoms with Crippen LogP contribution in [0.2, 0.25) is 10.0 Å². The summed E-state index contributed by atoms with van der Waals surface area (Å²) in [7, 11) is 1.76.